The van der Waals surface area contributed by atoms with Gasteiger partial charge in [-0.2, -0.15) is 0 Å². The number of nitrogens with one attached hydrogen (secondary N) is 2. The molecule has 3 rings (SSSR count). The molecule has 0 radical (unpaired) electrons. The molecule has 0 atom stereocenters. The van der Waals surface area contributed by atoms with Crippen LogP contribution in [0.4, 0.5) is 11.4 Å². The van der Waals surface area contributed by atoms with E-state index >= 15 is 0 Å². The second-order valence-electron chi connectivity index (χ2n) is 4.49. The summed E-state index contributed by atoms with van der Waals surface area (Å²) in [6.45, 7) is 1.95. The molecule has 1 aromatic rings. The molecule has 8 nitrogen and oxygen atoms in total. The molecule has 0 spiro atoms. The average molecular weight is 316 g/mol. The molecule has 4 amide bonds. The van der Waals surface area contributed by atoms with Crippen molar-refractivity contribution >= 4 is 35.0 Å². The van der Waals surface area contributed by atoms with Crippen LogP contribution in [0.1, 0.15) is 5.56 Å². The van der Waals surface area contributed by atoms with E-state index in [1.807, 2.05) is 29.7 Å². The number of carbonyl (C=O) groups excluding carboxylic acids is 4. The maximum Gasteiger partial charge on any atom is 0.250 e. The van der Waals surface area contributed by atoms with Gasteiger partial charge in [0.15, 0.2) is 0 Å². The van der Waals surface area contributed by atoms with E-state index < -0.39 is 0 Å². The molecule has 0 aromatic heterocycles. The summed E-state index contributed by atoms with van der Waals surface area (Å²) >= 11 is 0. The van der Waals surface area contributed by atoms with Gasteiger partial charge in [0, 0.05) is 35.7 Å². The van der Waals surface area contributed by atoms with E-state index in [2.05, 4.69) is 0 Å². The van der Waals surface area contributed by atoms with Crippen LogP contribution in [0.3, 0.4) is 0 Å². The molecular weight excluding hydrogens is 300 g/mol. The van der Waals surface area contributed by atoms with E-state index in [-0.39, 0.29) is 23.6 Å². The van der Waals surface area contributed by atoms with Crippen molar-refractivity contribution in [2.75, 3.05) is 11.5 Å². The number of aryl methyl sites for hydroxylation is 1. The minimum absolute atomic E-state index is 0.329. The lowest BCUT2D eigenvalue weighted by molar-refractivity contribution is -0.125. The zero-order valence-electron chi connectivity index (χ0n) is 12.3. The van der Waals surface area contributed by atoms with Gasteiger partial charge in [-0.3, -0.25) is 29.8 Å². The Morgan fingerprint density at radius 1 is 0.739 bits per heavy atom. The topological polar surface area (TPSA) is 144 Å². The Morgan fingerprint density at radius 2 is 1.13 bits per heavy atom. The van der Waals surface area contributed by atoms with Crippen LogP contribution in [0.5, 0.6) is 0 Å². The number of anilines is 2. The van der Waals surface area contributed by atoms with E-state index in [0.717, 1.165) is 16.9 Å². The predicted molar refractivity (Wildman–Crippen MR) is 84.6 cm³/mol. The Kier molecular flexibility index (Phi) is 6.23. The van der Waals surface area contributed by atoms with Crippen LogP contribution in [-0.2, 0) is 19.2 Å². The highest BCUT2D eigenvalue weighted by Gasteiger charge is 2.07. The van der Waals surface area contributed by atoms with Crippen molar-refractivity contribution in [1.82, 2.24) is 10.6 Å². The molecule has 2 aliphatic rings. The molecule has 0 unspecified atom stereocenters. The van der Waals surface area contributed by atoms with Gasteiger partial charge in [-0.1, -0.05) is 6.07 Å². The first-order valence-corrected chi connectivity index (χ1v) is 6.45. The van der Waals surface area contributed by atoms with Gasteiger partial charge >= 0.3 is 0 Å². The van der Waals surface area contributed by atoms with E-state index in [9.17, 15) is 19.2 Å². The van der Waals surface area contributed by atoms with Crippen LogP contribution in [0.25, 0.3) is 0 Å². The number of carbonyl (C=O) groups is 4. The fourth-order valence-corrected chi connectivity index (χ4v) is 1.37. The lowest BCUT2D eigenvalue weighted by Gasteiger charge is -1.98. The van der Waals surface area contributed by atoms with Crippen LogP contribution in [0, 0.1) is 6.92 Å². The molecule has 8 heteroatoms. The SMILES string of the molecule is Cc1ccc(N)cc1N.O=C1C=CC(=O)N1.O=C1C=CC(=O)N1. The molecule has 1 aromatic carbocycles. The van der Waals surface area contributed by atoms with Gasteiger partial charge in [-0.05, 0) is 24.6 Å². The molecule has 0 aliphatic carbocycles. The molecule has 2 aliphatic heterocycles. The Hall–Kier alpha value is -3.42. The monoisotopic (exact) mass is 316 g/mol. The number of rotatable bonds is 0. The molecule has 0 bridgehead atoms. The Labute approximate surface area is 132 Å². The van der Waals surface area contributed by atoms with Crippen molar-refractivity contribution < 1.29 is 19.2 Å². The van der Waals surface area contributed by atoms with Gasteiger partial charge in [-0.25, -0.2) is 0 Å². The van der Waals surface area contributed by atoms with Crippen LogP contribution < -0.4 is 22.1 Å². The maximum absolute atomic E-state index is 10.0. The first-order chi connectivity index (χ1) is 10.8. The average Bonchev–Trinajstić information content (AvgIpc) is 3.03. The van der Waals surface area contributed by atoms with E-state index in [0.29, 0.717) is 0 Å². The van der Waals surface area contributed by atoms with Crippen LogP contribution in [0.2, 0.25) is 0 Å². The van der Waals surface area contributed by atoms with Crippen LogP contribution >= 0.6 is 0 Å². The highest BCUT2D eigenvalue weighted by atomic mass is 16.2. The van der Waals surface area contributed by atoms with Crippen molar-refractivity contribution in [1.29, 1.82) is 0 Å². The Morgan fingerprint density at radius 3 is 1.35 bits per heavy atom. The van der Waals surface area contributed by atoms with Crippen LogP contribution in [-0.4, -0.2) is 23.6 Å². The third-order valence-electron chi connectivity index (χ3n) is 2.57. The smallest absolute Gasteiger partial charge is 0.250 e. The lowest BCUT2D eigenvalue weighted by atomic mass is 10.2. The molecule has 6 N–H and O–H groups in total. The van der Waals surface area contributed by atoms with Crippen molar-refractivity contribution in [3.05, 3.63) is 48.1 Å². The third kappa shape index (κ3) is 6.71. The summed E-state index contributed by atoms with van der Waals surface area (Å²) in [5.74, 6) is -1.31. The lowest BCUT2D eigenvalue weighted by Crippen LogP contribution is -2.19. The largest absolute Gasteiger partial charge is 0.399 e. The molecule has 2 heterocycles. The summed E-state index contributed by atoms with van der Waals surface area (Å²) in [5.41, 5.74) is 13.5. The number of nitrogen functional groups attached to an aromatic ring is 2. The molecule has 0 saturated heterocycles. The second-order valence-corrected chi connectivity index (χ2v) is 4.49. The van der Waals surface area contributed by atoms with Crippen molar-refractivity contribution in [3.8, 4) is 0 Å². The molecule has 120 valence electrons. The van der Waals surface area contributed by atoms with Crippen molar-refractivity contribution in [3.63, 3.8) is 0 Å². The summed E-state index contributed by atoms with van der Waals surface area (Å²) in [5, 5.41) is 4.06. The number of imide groups is 2. The van der Waals surface area contributed by atoms with Gasteiger partial charge in [-0.15, -0.1) is 0 Å². The third-order valence-corrected chi connectivity index (χ3v) is 2.57. The summed E-state index contributed by atoms with van der Waals surface area (Å²) in [6, 6.07) is 5.51. The minimum Gasteiger partial charge on any atom is -0.399 e. The van der Waals surface area contributed by atoms with Crippen molar-refractivity contribution in [2.45, 2.75) is 6.92 Å². The summed E-state index contributed by atoms with van der Waals surface area (Å²) < 4.78 is 0. The van der Waals surface area contributed by atoms with E-state index in [1.54, 1.807) is 6.07 Å². The van der Waals surface area contributed by atoms with Crippen molar-refractivity contribution in [2.24, 2.45) is 0 Å². The van der Waals surface area contributed by atoms with Gasteiger partial charge < -0.3 is 11.5 Å². The number of hydrogen-bond donors (Lipinski definition) is 4. The van der Waals surface area contributed by atoms with Gasteiger partial charge in [0.1, 0.15) is 0 Å². The van der Waals surface area contributed by atoms with Crippen LogP contribution in [0.15, 0.2) is 42.5 Å². The normalized spacial score (nSPS) is 14.5. The highest BCUT2D eigenvalue weighted by molar-refractivity contribution is 6.13. The minimum atomic E-state index is -0.329. The number of benzene rings is 1. The van der Waals surface area contributed by atoms with Gasteiger partial charge in [0.05, 0.1) is 0 Å². The standard InChI is InChI=1S/C7H10N2.2C4H3NO2/c1-5-2-3-6(8)4-7(5)9;2*6-3-1-2-4(7)5-3/h2-4H,8-9H2,1H3;2*1-2H,(H,5,6,7). The summed E-state index contributed by atoms with van der Waals surface area (Å²) in [4.78, 5) is 40.1. The van der Waals surface area contributed by atoms with Gasteiger partial charge in [0.25, 0.3) is 23.6 Å². The Balaban J connectivity index is 0.000000175. The summed E-state index contributed by atoms with van der Waals surface area (Å²) in [6.07, 6.45) is 4.79. The zero-order valence-corrected chi connectivity index (χ0v) is 12.3. The zero-order chi connectivity index (χ0) is 17.4. The molecule has 23 heavy (non-hydrogen) atoms. The Bertz CT molecular complexity index is 639. The van der Waals surface area contributed by atoms with E-state index in [1.165, 1.54) is 24.3 Å². The molecule has 0 fully saturated rings. The first-order valence-electron chi connectivity index (χ1n) is 6.45. The fourth-order valence-electron chi connectivity index (χ4n) is 1.37. The predicted octanol–water partition coefficient (Wildman–Crippen LogP) is -0.443. The summed E-state index contributed by atoms with van der Waals surface area (Å²) in [7, 11) is 0. The quantitative estimate of drug-likeness (QED) is 0.377. The molecular formula is C15H16N4O4. The second kappa shape index (κ2) is 8.13. The fraction of sp³-hybridized carbons (Fsp3) is 0.0667. The first kappa shape index (κ1) is 17.6. The van der Waals surface area contributed by atoms with Gasteiger partial charge in [0.2, 0.25) is 0 Å². The maximum atomic E-state index is 10.0. The number of amides is 4. The highest BCUT2D eigenvalue weighted by Crippen LogP contribution is 2.13. The number of hydrogen-bond acceptors (Lipinski definition) is 6. The number of nitrogens with two attached hydrogens (primary N) is 2. The molecule has 0 saturated carbocycles. The van der Waals surface area contributed by atoms with E-state index in [4.69, 9.17) is 11.5 Å².